The number of furan rings is 2. The Morgan fingerprint density at radius 1 is 0.333 bits per heavy atom. The van der Waals surface area contributed by atoms with Gasteiger partial charge in [-0.3, -0.25) is 4.57 Å². The molecule has 8 aromatic carbocycles. The van der Waals surface area contributed by atoms with Crippen LogP contribution in [0.5, 0.6) is 0 Å². The van der Waals surface area contributed by atoms with Crippen molar-refractivity contribution < 1.29 is 8.83 Å². The lowest BCUT2D eigenvalue weighted by molar-refractivity contribution is 0.668. The van der Waals surface area contributed by atoms with Crippen LogP contribution in [0, 0.1) is 0 Å². The van der Waals surface area contributed by atoms with Crippen LogP contribution in [0.4, 0.5) is 0 Å². The molecule has 4 aromatic heterocycles. The second kappa shape index (κ2) is 12.3. The third-order valence-corrected chi connectivity index (χ3v) is 11.1. The third kappa shape index (κ3) is 5.01. The van der Waals surface area contributed by atoms with Crippen molar-refractivity contribution in [3.8, 4) is 51.0 Å². The van der Waals surface area contributed by atoms with Gasteiger partial charge in [0.15, 0.2) is 11.6 Å². The van der Waals surface area contributed by atoms with E-state index in [1.165, 1.54) is 0 Å². The first-order valence-electron chi connectivity index (χ1n) is 19.0. The molecule has 6 nitrogen and oxygen atoms in total. The number of hydrogen-bond donors (Lipinski definition) is 0. The highest BCUT2D eigenvalue weighted by atomic mass is 16.3. The molecule has 0 aliphatic heterocycles. The number of benzene rings is 8. The molecule has 0 aliphatic carbocycles. The van der Waals surface area contributed by atoms with Crippen molar-refractivity contribution in [2.24, 2.45) is 0 Å². The monoisotopic (exact) mass is 730 g/mol. The van der Waals surface area contributed by atoms with E-state index in [0.29, 0.717) is 17.6 Å². The molecule has 4 heterocycles. The Balaban J connectivity index is 0.989. The standard InChI is InChI=1S/C51H30N4O2/c1-2-12-31(13-3-1)49-52-50(54-51(53-49)55-42-20-7-4-16-37(42)38-17-5-8-21-43(38)55)35-15-10-14-34(28-35)36-19-11-23-45-48(36)41-27-25-33(30-47(41)57-45)32-24-26-40-39-18-6-9-22-44(39)56-46(40)29-32/h1-30H. The van der Waals surface area contributed by atoms with Gasteiger partial charge in [-0.2, -0.15) is 9.97 Å². The molecule has 12 rings (SSSR count). The molecule has 12 aromatic rings. The first kappa shape index (κ1) is 31.5. The first-order chi connectivity index (χ1) is 28.2. The van der Waals surface area contributed by atoms with Gasteiger partial charge in [0.05, 0.1) is 11.0 Å². The lowest BCUT2D eigenvalue weighted by Crippen LogP contribution is -2.06. The minimum atomic E-state index is 0.569. The summed E-state index contributed by atoms with van der Waals surface area (Å²) < 4.78 is 14.9. The molecule has 0 spiro atoms. The van der Waals surface area contributed by atoms with Crippen molar-refractivity contribution in [3.63, 3.8) is 0 Å². The van der Waals surface area contributed by atoms with Gasteiger partial charge in [0, 0.05) is 43.4 Å². The van der Waals surface area contributed by atoms with Crippen LogP contribution in [0.25, 0.3) is 117 Å². The average molecular weight is 731 g/mol. The lowest BCUT2D eigenvalue weighted by atomic mass is 9.96. The SMILES string of the molecule is c1ccc(-c2nc(-c3cccc(-c4cccc5oc6cc(-c7ccc8c(c7)oc7ccccc78)ccc6c45)c3)nc(-n3c4ccccc4c4ccccc43)n2)cc1. The molecule has 0 fully saturated rings. The smallest absolute Gasteiger partial charge is 0.238 e. The molecular formula is C51H30N4O2. The van der Waals surface area contributed by atoms with E-state index in [9.17, 15) is 0 Å². The summed E-state index contributed by atoms with van der Waals surface area (Å²) in [6, 6.07) is 62.7. The molecule has 266 valence electrons. The summed E-state index contributed by atoms with van der Waals surface area (Å²) in [6.07, 6.45) is 0. The third-order valence-electron chi connectivity index (χ3n) is 11.1. The van der Waals surface area contributed by atoms with Crippen molar-refractivity contribution in [1.29, 1.82) is 0 Å². The number of fused-ring (bicyclic) bond motifs is 9. The van der Waals surface area contributed by atoms with E-state index in [2.05, 4.69) is 132 Å². The Morgan fingerprint density at radius 3 is 1.65 bits per heavy atom. The summed E-state index contributed by atoms with van der Waals surface area (Å²) >= 11 is 0. The van der Waals surface area contributed by atoms with Gasteiger partial charge in [-0.25, -0.2) is 4.98 Å². The summed E-state index contributed by atoms with van der Waals surface area (Å²) in [5.74, 6) is 1.78. The van der Waals surface area contributed by atoms with E-state index in [-0.39, 0.29) is 0 Å². The topological polar surface area (TPSA) is 69.9 Å². The number of nitrogens with zero attached hydrogens (tertiary/aromatic N) is 4. The fourth-order valence-corrected chi connectivity index (χ4v) is 8.43. The minimum absolute atomic E-state index is 0.569. The van der Waals surface area contributed by atoms with Gasteiger partial charge in [-0.05, 0) is 76.9 Å². The second-order valence-electron chi connectivity index (χ2n) is 14.4. The van der Waals surface area contributed by atoms with Gasteiger partial charge in [0.25, 0.3) is 0 Å². The number of aromatic nitrogens is 4. The summed E-state index contributed by atoms with van der Waals surface area (Å²) in [4.78, 5) is 15.4. The Kier molecular flexibility index (Phi) is 6.83. The number of para-hydroxylation sites is 3. The molecule has 0 aliphatic rings. The van der Waals surface area contributed by atoms with E-state index in [1.54, 1.807) is 0 Å². The van der Waals surface area contributed by atoms with Crippen molar-refractivity contribution in [1.82, 2.24) is 19.5 Å². The van der Waals surface area contributed by atoms with Gasteiger partial charge < -0.3 is 8.83 Å². The van der Waals surface area contributed by atoms with E-state index < -0.39 is 0 Å². The Bertz CT molecular complexity index is 3490. The average Bonchev–Trinajstić information content (AvgIpc) is 3.95. The maximum atomic E-state index is 6.56. The molecule has 0 atom stereocenters. The van der Waals surface area contributed by atoms with Crippen LogP contribution in [0.1, 0.15) is 0 Å². The van der Waals surface area contributed by atoms with Crippen LogP contribution in [0.15, 0.2) is 191 Å². The van der Waals surface area contributed by atoms with E-state index >= 15 is 0 Å². The zero-order valence-electron chi connectivity index (χ0n) is 30.4. The lowest BCUT2D eigenvalue weighted by Gasteiger charge is -2.12. The molecule has 0 amide bonds. The predicted molar refractivity (Wildman–Crippen MR) is 230 cm³/mol. The number of hydrogen-bond acceptors (Lipinski definition) is 5. The fraction of sp³-hybridized carbons (Fsp3) is 0. The quantitative estimate of drug-likeness (QED) is 0.176. The molecule has 0 N–H and O–H groups in total. The number of rotatable bonds is 5. The Hall–Kier alpha value is -7.83. The summed E-state index contributed by atoms with van der Waals surface area (Å²) in [6.45, 7) is 0. The summed E-state index contributed by atoms with van der Waals surface area (Å²) in [5.41, 5.74) is 11.6. The minimum Gasteiger partial charge on any atom is -0.456 e. The molecule has 0 saturated heterocycles. The largest absolute Gasteiger partial charge is 0.456 e. The molecule has 6 heteroatoms. The molecule has 57 heavy (non-hydrogen) atoms. The van der Waals surface area contributed by atoms with Gasteiger partial charge >= 0.3 is 0 Å². The van der Waals surface area contributed by atoms with E-state index in [4.69, 9.17) is 23.8 Å². The maximum absolute atomic E-state index is 6.56. The molecule has 0 saturated carbocycles. The summed E-state index contributed by atoms with van der Waals surface area (Å²) in [5, 5.41) is 6.66. The van der Waals surface area contributed by atoms with Crippen LogP contribution in [-0.2, 0) is 0 Å². The van der Waals surface area contributed by atoms with Gasteiger partial charge in [-0.15, -0.1) is 0 Å². The molecule has 0 bridgehead atoms. The van der Waals surface area contributed by atoms with Crippen LogP contribution in [0.3, 0.4) is 0 Å². The Labute approximate surface area is 325 Å². The van der Waals surface area contributed by atoms with Crippen molar-refractivity contribution in [2.45, 2.75) is 0 Å². The summed E-state index contributed by atoms with van der Waals surface area (Å²) in [7, 11) is 0. The van der Waals surface area contributed by atoms with Crippen molar-refractivity contribution in [3.05, 3.63) is 182 Å². The van der Waals surface area contributed by atoms with Crippen LogP contribution in [-0.4, -0.2) is 19.5 Å². The second-order valence-corrected chi connectivity index (χ2v) is 14.4. The van der Waals surface area contributed by atoms with E-state index in [0.717, 1.165) is 99.1 Å². The predicted octanol–water partition coefficient (Wildman–Crippen LogP) is 13.4. The van der Waals surface area contributed by atoms with Crippen LogP contribution < -0.4 is 0 Å². The zero-order chi connectivity index (χ0) is 37.5. The zero-order valence-corrected chi connectivity index (χ0v) is 30.4. The molecule has 0 unspecified atom stereocenters. The highest BCUT2D eigenvalue weighted by molar-refractivity contribution is 6.13. The Morgan fingerprint density at radius 2 is 0.877 bits per heavy atom. The highest BCUT2D eigenvalue weighted by Gasteiger charge is 2.19. The maximum Gasteiger partial charge on any atom is 0.238 e. The first-order valence-corrected chi connectivity index (χ1v) is 19.0. The van der Waals surface area contributed by atoms with Gasteiger partial charge in [-0.1, -0.05) is 127 Å². The normalized spacial score (nSPS) is 11.9. The highest BCUT2D eigenvalue weighted by Crippen LogP contribution is 2.40. The molecule has 0 radical (unpaired) electrons. The van der Waals surface area contributed by atoms with E-state index in [1.807, 2.05) is 54.6 Å². The fourth-order valence-electron chi connectivity index (χ4n) is 8.43. The van der Waals surface area contributed by atoms with Crippen molar-refractivity contribution in [2.75, 3.05) is 0 Å². The van der Waals surface area contributed by atoms with Crippen LogP contribution in [0.2, 0.25) is 0 Å². The molecular weight excluding hydrogens is 701 g/mol. The van der Waals surface area contributed by atoms with Gasteiger partial charge in [0.1, 0.15) is 22.3 Å². The van der Waals surface area contributed by atoms with Crippen molar-refractivity contribution >= 4 is 65.7 Å². The van der Waals surface area contributed by atoms with Crippen LogP contribution >= 0.6 is 0 Å². The van der Waals surface area contributed by atoms with Gasteiger partial charge in [0.2, 0.25) is 5.95 Å².